The molecule has 0 aliphatic carbocycles. The van der Waals surface area contributed by atoms with Crippen molar-refractivity contribution in [2.45, 2.75) is 19.5 Å². The van der Waals surface area contributed by atoms with Gasteiger partial charge in [-0.25, -0.2) is 0 Å². The Balaban J connectivity index is 1.79. The van der Waals surface area contributed by atoms with Crippen molar-refractivity contribution in [1.29, 1.82) is 0 Å². The molecule has 98 valence electrons. The highest BCUT2D eigenvalue weighted by molar-refractivity contribution is 5.75. The van der Waals surface area contributed by atoms with E-state index in [0.717, 1.165) is 5.56 Å². The van der Waals surface area contributed by atoms with Gasteiger partial charge in [0.1, 0.15) is 0 Å². The topological polar surface area (TPSA) is 64.0 Å². The standard InChI is InChI=1S/C14H15N3O2/c18-13(16-11-12-4-3-7-15-10-12)6-9-17-8-2-1-5-14(17)19/h1-5,7-8,10H,6,9,11H2,(H,16,18). The van der Waals surface area contributed by atoms with Gasteiger partial charge in [-0.3, -0.25) is 14.6 Å². The maximum atomic E-state index is 11.7. The normalized spacial score (nSPS) is 10.1. The first-order valence-corrected chi connectivity index (χ1v) is 6.07. The van der Waals surface area contributed by atoms with E-state index in [9.17, 15) is 9.59 Å². The number of nitrogens with zero attached hydrogens (tertiary/aromatic N) is 2. The van der Waals surface area contributed by atoms with Crippen LogP contribution in [0, 0.1) is 0 Å². The Bertz CT molecular complexity index is 593. The molecule has 0 radical (unpaired) electrons. The highest BCUT2D eigenvalue weighted by Crippen LogP contribution is 1.95. The van der Waals surface area contributed by atoms with Gasteiger partial charge < -0.3 is 9.88 Å². The highest BCUT2D eigenvalue weighted by Gasteiger charge is 2.02. The Morgan fingerprint density at radius 2 is 2.16 bits per heavy atom. The first-order valence-electron chi connectivity index (χ1n) is 6.07. The van der Waals surface area contributed by atoms with Crippen LogP contribution in [0.15, 0.2) is 53.7 Å². The summed E-state index contributed by atoms with van der Waals surface area (Å²) in [5, 5.41) is 2.79. The van der Waals surface area contributed by atoms with E-state index in [4.69, 9.17) is 0 Å². The molecule has 0 atom stereocenters. The summed E-state index contributed by atoms with van der Waals surface area (Å²) in [6.07, 6.45) is 5.36. The Labute approximate surface area is 110 Å². The zero-order valence-electron chi connectivity index (χ0n) is 10.5. The molecule has 0 aromatic carbocycles. The van der Waals surface area contributed by atoms with E-state index in [1.165, 1.54) is 10.6 Å². The molecule has 5 heteroatoms. The molecule has 0 fully saturated rings. The van der Waals surface area contributed by atoms with Crippen LogP contribution in [0.2, 0.25) is 0 Å². The summed E-state index contributed by atoms with van der Waals surface area (Å²) in [4.78, 5) is 27.1. The minimum absolute atomic E-state index is 0.0837. The van der Waals surface area contributed by atoms with E-state index in [2.05, 4.69) is 10.3 Å². The molecule has 2 heterocycles. The van der Waals surface area contributed by atoms with E-state index in [1.54, 1.807) is 30.7 Å². The van der Waals surface area contributed by atoms with Crippen LogP contribution in [-0.2, 0) is 17.9 Å². The molecule has 0 bridgehead atoms. The summed E-state index contributed by atoms with van der Waals surface area (Å²) in [5.41, 5.74) is 0.857. The van der Waals surface area contributed by atoms with E-state index in [-0.39, 0.29) is 17.9 Å². The van der Waals surface area contributed by atoms with Crippen molar-refractivity contribution in [1.82, 2.24) is 14.9 Å². The quantitative estimate of drug-likeness (QED) is 0.867. The molecule has 0 saturated carbocycles. The minimum atomic E-state index is -0.0949. The zero-order valence-corrected chi connectivity index (χ0v) is 10.5. The molecule has 0 aliphatic heterocycles. The van der Waals surface area contributed by atoms with Crippen LogP contribution < -0.4 is 10.9 Å². The van der Waals surface area contributed by atoms with Crippen LogP contribution in [0.25, 0.3) is 0 Å². The Morgan fingerprint density at radius 3 is 2.89 bits per heavy atom. The second-order valence-electron chi connectivity index (χ2n) is 4.12. The highest BCUT2D eigenvalue weighted by atomic mass is 16.1. The largest absolute Gasteiger partial charge is 0.352 e. The van der Waals surface area contributed by atoms with Gasteiger partial charge in [0.25, 0.3) is 5.56 Å². The molecule has 5 nitrogen and oxygen atoms in total. The average Bonchev–Trinajstić information content (AvgIpc) is 2.45. The SMILES string of the molecule is O=C(CCn1ccccc1=O)NCc1cccnc1. The van der Waals surface area contributed by atoms with Crippen molar-refractivity contribution in [3.8, 4) is 0 Å². The number of amides is 1. The number of nitrogens with one attached hydrogen (secondary N) is 1. The summed E-state index contributed by atoms with van der Waals surface area (Å²) in [6, 6.07) is 8.66. The predicted molar refractivity (Wildman–Crippen MR) is 71.4 cm³/mol. The zero-order chi connectivity index (χ0) is 13.5. The Hall–Kier alpha value is -2.43. The second kappa shape index (κ2) is 6.49. The van der Waals surface area contributed by atoms with Gasteiger partial charge in [0.15, 0.2) is 0 Å². The average molecular weight is 257 g/mol. The second-order valence-corrected chi connectivity index (χ2v) is 4.12. The third-order valence-electron chi connectivity index (χ3n) is 2.69. The lowest BCUT2D eigenvalue weighted by atomic mass is 10.3. The minimum Gasteiger partial charge on any atom is -0.352 e. The summed E-state index contributed by atoms with van der Waals surface area (Å²) >= 11 is 0. The summed E-state index contributed by atoms with van der Waals surface area (Å²) in [5.74, 6) is -0.0837. The first kappa shape index (κ1) is 13.0. The lowest BCUT2D eigenvalue weighted by Gasteiger charge is -2.06. The summed E-state index contributed by atoms with van der Waals surface area (Å²) in [7, 11) is 0. The van der Waals surface area contributed by atoms with Crippen molar-refractivity contribution < 1.29 is 4.79 Å². The molecule has 2 rings (SSSR count). The fourth-order valence-corrected chi connectivity index (χ4v) is 1.66. The van der Waals surface area contributed by atoms with Gasteiger partial charge in [0.05, 0.1) is 0 Å². The maximum absolute atomic E-state index is 11.7. The fraction of sp³-hybridized carbons (Fsp3) is 0.214. The van der Waals surface area contributed by atoms with Gasteiger partial charge in [0.2, 0.25) is 5.91 Å². The van der Waals surface area contributed by atoms with Crippen molar-refractivity contribution in [2.75, 3.05) is 0 Å². The maximum Gasteiger partial charge on any atom is 0.250 e. The number of hydrogen-bond acceptors (Lipinski definition) is 3. The number of carbonyl (C=O) groups excluding carboxylic acids is 1. The molecule has 19 heavy (non-hydrogen) atoms. The third kappa shape index (κ3) is 4.06. The van der Waals surface area contributed by atoms with E-state index in [1.807, 2.05) is 12.1 Å². The van der Waals surface area contributed by atoms with E-state index >= 15 is 0 Å². The molecule has 0 unspecified atom stereocenters. The Kier molecular flexibility index (Phi) is 4.44. The van der Waals surface area contributed by atoms with Gasteiger partial charge in [0, 0.05) is 44.2 Å². The lowest BCUT2D eigenvalue weighted by molar-refractivity contribution is -0.121. The first-order chi connectivity index (χ1) is 9.25. The smallest absolute Gasteiger partial charge is 0.250 e. The van der Waals surface area contributed by atoms with Crippen LogP contribution in [-0.4, -0.2) is 15.5 Å². The van der Waals surface area contributed by atoms with Crippen molar-refractivity contribution in [2.24, 2.45) is 0 Å². The number of pyridine rings is 2. The van der Waals surface area contributed by atoms with E-state index in [0.29, 0.717) is 13.1 Å². The molecule has 1 N–H and O–H groups in total. The van der Waals surface area contributed by atoms with Gasteiger partial charge in [-0.15, -0.1) is 0 Å². The van der Waals surface area contributed by atoms with Crippen molar-refractivity contribution in [3.05, 3.63) is 64.8 Å². The van der Waals surface area contributed by atoms with Gasteiger partial charge >= 0.3 is 0 Å². The number of rotatable bonds is 5. The lowest BCUT2D eigenvalue weighted by Crippen LogP contribution is -2.26. The van der Waals surface area contributed by atoms with Crippen LogP contribution in [0.4, 0.5) is 0 Å². The fourth-order valence-electron chi connectivity index (χ4n) is 1.66. The molecule has 0 spiro atoms. The molecule has 1 amide bonds. The van der Waals surface area contributed by atoms with Gasteiger partial charge in [-0.1, -0.05) is 12.1 Å². The monoisotopic (exact) mass is 257 g/mol. The molecule has 2 aromatic rings. The summed E-state index contributed by atoms with van der Waals surface area (Å²) < 4.78 is 1.52. The number of carbonyl (C=O) groups is 1. The molecular weight excluding hydrogens is 242 g/mol. The number of aryl methyl sites for hydroxylation is 1. The molecule has 0 aliphatic rings. The molecular formula is C14H15N3O2. The van der Waals surface area contributed by atoms with Crippen molar-refractivity contribution in [3.63, 3.8) is 0 Å². The van der Waals surface area contributed by atoms with Crippen molar-refractivity contribution >= 4 is 5.91 Å². The van der Waals surface area contributed by atoms with E-state index < -0.39 is 0 Å². The van der Waals surface area contributed by atoms with Crippen LogP contribution in [0.3, 0.4) is 0 Å². The van der Waals surface area contributed by atoms with Gasteiger partial charge in [-0.2, -0.15) is 0 Å². The summed E-state index contributed by atoms with van der Waals surface area (Å²) in [6.45, 7) is 0.842. The van der Waals surface area contributed by atoms with Gasteiger partial charge in [-0.05, 0) is 17.7 Å². The number of hydrogen-bond donors (Lipinski definition) is 1. The third-order valence-corrected chi connectivity index (χ3v) is 2.69. The molecule has 0 saturated heterocycles. The number of aromatic nitrogens is 2. The molecule has 2 aromatic heterocycles. The van der Waals surface area contributed by atoms with Crippen LogP contribution >= 0.6 is 0 Å². The Morgan fingerprint density at radius 1 is 1.26 bits per heavy atom. The van der Waals surface area contributed by atoms with Crippen LogP contribution in [0.5, 0.6) is 0 Å². The van der Waals surface area contributed by atoms with Crippen LogP contribution in [0.1, 0.15) is 12.0 Å². The predicted octanol–water partition coefficient (Wildman–Crippen LogP) is 0.950.